The number of nitrogens with one attached hydrogen (secondary N) is 1. The van der Waals surface area contributed by atoms with Crippen LogP contribution in [0.2, 0.25) is 0 Å². The van der Waals surface area contributed by atoms with Crippen LogP contribution in [0.15, 0.2) is 76.6 Å². The van der Waals surface area contributed by atoms with Crippen molar-refractivity contribution in [2.45, 2.75) is 22.7 Å². The van der Waals surface area contributed by atoms with Gasteiger partial charge in [-0.25, -0.2) is 9.29 Å². The van der Waals surface area contributed by atoms with E-state index in [0.29, 0.717) is 38.4 Å². The number of hydrogen-bond acceptors (Lipinski definition) is 9. The van der Waals surface area contributed by atoms with E-state index in [1.165, 1.54) is 43.1 Å². The lowest BCUT2D eigenvalue weighted by molar-refractivity contribution is -0.122. The average molecular weight is 636 g/mol. The highest BCUT2D eigenvalue weighted by atomic mass is 32.2. The lowest BCUT2D eigenvalue weighted by Crippen LogP contribution is -2.33. The third kappa shape index (κ3) is 5.11. The Morgan fingerprint density at radius 3 is 2.25 bits per heavy atom. The van der Waals surface area contributed by atoms with Gasteiger partial charge < -0.3 is 19.5 Å². The average Bonchev–Trinajstić information content (AvgIpc) is 3.47. The molecule has 3 amide bonds. The molecular formula is C31H26FN3O7S2. The number of thiazole rings is 1. The van der Waals surface area contributed by atoms with E-state index in [-0.39, 0.29) is 12.2 Å². The molecule has 1 aromatic heterocycles. The number of halogens is 1. The summed E-state index contributed by atoms with van der Waals surface area (Å²) >= 11 is 2.03. The van der Waals surface area contributed by atoms with Crippen molar-refractivity contribution in [2.24, 2.45) is 5.92 Å². The SMILES string of the molecule is COc1ccc(NC(=O)Cn2c3c(sc2=O)C(c2ccc(OC)c(OC)c2)C2C(=O)N(c4ccc(F)cc4)C(=O)C2S3)cc1. The standard InChI is InChI=1S/C31H26FN3O7S2/c1-40-20-11-7-18(8-12-20)33-23(36)15-34-30-27(44-31(34)39)24(16-4-13-21(41-2)22(14-16)42-3)25-26(43-30)29(38)35(28(25)37)19-9-5-17(32)6-10-19/h4-14,24-26H,15H2,1-3H3,(H,33,36). The summed E-state index contributed by atoms with van der Waals surface area (Å²) in [5.74, 6) is -1.95. The van der Waals surface area contributed by atoms with Crippen LogP contribution in [0.3, 0.4) is 0 Å². The number of ether oxygens (including phenoxy) is 3. The zero-order chi connectivity index (χ0) is 31.1. The topological polar surface area (TPSA) is 116 Å². The van der Waals surface area contributed by atoms with Crippen LogP contribution in [0, 0.1) is 11.7 Å². The van der Waals surface area contributed by atoms with Crippen molar-refractivity contribution < 1.29 is 33.0 Å². The number of carbonyl (C=O) groups excluding carboxylic acids is 3. The molecule has 1 saturated heterocycles. The number of amides is 3. The van der Waals surface area contributed by atoms with Crippen LogP contribution in [0.5, 0.6) is 17.2 Å². The molecule has 3 unspecified atom stereocenters. The van der Waals surface area contributed by atoms with E-state index >= 15 is 0 Å². The first-order chi connectivity index (χ1) is 21.2. The predicted octanol–water partition coefficient (Wildman–Crippen LogP) is 4.51. The summed E-state index contributed by atoms with van der Waals surface area (Å²) < 4.78 is 31.1. The molecule has 0 aliphatic carbocycles. The largest absolute Gasteiger partial charge is 0.497 e. The van der Waals surface area contributed by atoms with E-state index in [1.807, 2.05) is 0 Å². The summed E-state index contributed by atoms with van der Waals surface area (Å²) in [6.45, 7) is -0.302. The first-order valence-electron chi connectivity index (χ1n) is 13.4. The van der Waals surface area contributed by atoms with Gasteiger partial charge in [0.2, 0.25) is 17.7 Å². The lowest BCUT2D eigenvalue weighted by atomic mass is 9.83. The number of hydrogen-bond donors (Lipinski definition) is 1. The molecule has 1 fully saturated rings. The maximum Gasteiger partial charge on any atom is 0.308 e. The smallest absolute Gasteiger partial charge is 0.308 e. The Balaban J connectivity index is 1.41. The van der Waals surface area contributed by atoms with E-state index in [4.69, 9.17) is 14.2 Å². The first-order valence-corrected chi connectivity index (χ1v) is 15.1. The number of rotatable bonds is 8. The van der Waals surface area contributed by atoms with Crippen LogP contribution in [0.4, 0.5) is 15.8 Å². The highest BCUT2D eigenvalue weighted by Gasteiger charge is 2.57. The van der Waals surface area contributed by atoms with E-state index in [0.717, 1.165) is 28.0 Å². The predicted molar refractivity (Wildman–Crippen MR) is 164 cm³/mol. The molecule has 6 rings (SSSR count). The van der Waals surface area contributed by atoms with E-state index in [9.17, 15) is 23.6 Å². The Bertz CT molecular complexity index is 1820. The van der Waals surface area contributed by atoms with Gasteiger partial charge >= 0.3 is 4.87 Å². The summed E-state index contributed by atoms with van der Waals surface area (Å²) in [7, 11) is 4.54. The molecular weight excluding hydrogens is 609 g/mol. The van der Waals surface area contributed by atoms with E-state index in [1.54, 1.807) is 49.6 Å². The summed E-state index contributed by atoms with van der Waals surface area (Å²) in [6, 6.07) is 17.1. The Morgan fingerprint density at radius 2 is 1.59 bits per heavy atom. The number of nitrogens with zero attached hydrogens (tertiary/aromatic N) is 2. The van der Waals surface area contributed by atoms with Crippen molar-refractivity contribution in [1.29, 1.82) is 0 Å². The number of anilines is 2. The van der Waals surface area contributed by atoms with Crippen LogP contribution in [0.1, 0.15) is 16.4 Å². The Hall–Kier alpha value is -4.62. The third-order valence-corrected chi connectivity index (χ3v) is 10.2. The van der Waals surface area contributed by atoms with Crippen LogP contribution >= 0.6 is 23.1 Å². The summed E-state index contributed by atoms with van der Waals surface area (Å²) in [6.07, 6.45) is 0. The molecule has 0 spiro atoms. The van der Waals surface area contributed by atoms with Crippen molar-refractivity contribution in [3.63, 3.8) is 0 Å². The summed E-state index contributed by atoms with van der Waals surface area (Å²) in [5, 5.41) is 2.32. The maximum atomic E-state index is 14.0. The van der Waals surface area contributed by atoms with Crippen molar-refractivity contribution in [3.8, 4) is 17.2 Å². The van der Waals surface area contributed by atoms with E-state index in [2.05, 4.69) is 5.32 Å². The number of benzene rings is 3. The molecule has 2 aliphatic heterocycles. The minimum Gasteiger partial charge on any atom is -0.497 e. The lowest BCUT2D eigenvalue weighted by Gasteiger charge is -2.31. The van der Waals surface area contributed by atoms with Gasteiger partial charge in [-0.05, 0) is 66.2 Å². The van der Waals surface area contributed by atoms with Gasteiger partial charge in [0.1, 0.15) is 23.4 Å². The first kappa shape index (κ1) is 29.5. The monoisotopic (exact) mass is 635 g/mol. The summed E-state index contributed by atoms with van der Waals surface area (Å²) in [5.41, 5.74) is 1.41. The fourth-order valence-corrected chi connectivity index (χ4v) is 8.30. The number of fused-ring (bicyclic) bond motifs is 2. The molecule has 3 aromatic carbocycles. The summed E-state index contributed by atoms with van der Waals surface area (Å²) in [4.78, 5) is 55.6. The van der Waals surface area contributed by atoms with Crippen molar-refractivity contribution in [2.75, 3.05) is 31.5 Å². The maximum absolute atomic E-state index is 14.0. The molecule has 13 heteroatoms. The minimum absolute atomic E-state index is 0.252. The zero-order valence-electron chi connectivity index (χ0n) is 23.7. The van der Waals surface area contributed by atoms with Crippen molar-refractivity contribution in [3.05, 3.63) is 92.7 Å². The minimum atomic E-state index is -0.900. The van der Waals surface area contributed by atoms with Crippen molar-refractivity contribution >= 4 is 52.2 Å². The van der Waals surface area contributed by atoms with Crippen LogP contribution in [-0.2, 0) is 20.9 Å². The Kier molecular flexibility index (Phi) is 7.91. The second-order valence-corrected chi connectivity index (χ2v) is 12.2. The highest BCUT2D eigenvalue weighted by molar-refractivity contribution is 8.00. The number of thioether (sulfide) groups is 1. The fraction of sp³-hybridized carbons (Fsp3) is 0.226. The number of methoxy groups -OCH3 is 3. The van der Waals surface area contributed by atoms with Crippen LogP contribution in [0.25, 0.3) is 0 Å². The van der Waals surface area contributed by atoms with Gasteiger partial charge in [0.05, 0.1) is 38.0 Å². The van der Waals surface area contributed by atoms with Gasteiger partial charge in [-0.3, -0.25) is 23.7 Å². The molecule has 2 aliphatic rings. The Morgan fingerprint density at radius 1 is 0.886 bits per heavy atom. The number of aromatic nitrogens is 1. The van der Waals surface area contributed by atoms with Gasteiger partial charge in [0.25, 0.3) is 0 Å². The molecule has 3 atom stereocenters. The van der Waals surface area contributed by atoms with E-state index < -0.39 is 45.5 Å². The highest BCUT2D eigenvalue weighted by Crippen LogP contribution is 2.54. The van der Waals surface area contributed by atoms with Gasteiger partial charge in [-0.1, -0.05) is 29.2 Å². The molecule has 1 N–H and O–H groups in total. The Labute approximate surface area is 259 Å². The molecule has 44 heavy (non-hydrogen) atoms. The normalized spacial score (nSPS) is 18.9. The van der Waals surface area contributed by atoms with Crippen LogP contribution in [-0.4, -0.2) is 48.9 Å². The molecule has 4 aromatic rings. The van der Waals surface area contributed by atoms with Crippen molar-refractivity contribution in [1.82, 2.24) is 4.57 Å². The molecule has 10 nitrogen and oxygen atoms in total. The van der Waals surface area contributed by atoms with Gasteiger partial charge in [-0.2, -0.15) is 0 Å². The molecule has 226 valence electrons. The third-order valence-electron chi connectivity index (χ3n) is 7.58. The quantitative estimate of drug-likeness (QED) is 0.281. The van der Waals surface area contributed by atoms with Gasteiger partial charge in [0.15, 0.2) is 11.5 Å². The molecule has 3 heterocycles. The second kappa shape index (κ2) is 11.8. The zero-order valence-corrected chi connectivity index (χ0v) is 25.4. The number of imide groups is 1. The molecule has 0 bridgehead atoms. The van der Waals surface area contributed by atoms with Crippen LogP contribution < -0.4 is 29.3 Å². The number of carbonyl (C=O) groups is 3. The molecule has 0 radical (unpaired) electrons. The second-order valence-electron chi connectivity index (χ2n) is 10.0. The van der Waals surface area contributed by atoms with Gasteiger partial charge in [-0.15, -0.1) is 0 Å². The fourth-order valence-electron chi connectivity index (χ4n) is 5.52. The molecule has 0 saturated carbocycles. The van der Waals surface area contributed by atoms with Gasteiger partial charge in [0, 0.05) is 16.5 Å².